The molecule has 15 heteroatoms. The second kappa shape index (κ2) is 13.3. The lowest BCUT2D eigenvalue weighted by atomic mass is 9.99. The highest BCUT2D eigenvalue weighted by molar-refractivity contribution is 6.08. The summed E-state index contributed by atoms with van der Waals surface area (Å²) in [6.07, 6.45) is -13.4. The third-order valence-corrected chi connectivity index (χ3v) is 6.82. The number of benzene rings is 2. The van der Waals surface area contributed by atoms with Gasteiger partial charge in [-0.25, -0.2) is 0 Å². The van der Waals surface area contributed by atoms with E-state index in [1.54, 1.807) is 0 Å². The highest BCUT2D eigenvalue weighted by Crippen LogP contribution is 2.33. The summed E-state index contributed by atoms with van der Waals surface area (Å²) in [6, 6.07) is 7.41. The Bertz CT molecular complexity index is 1260. The number of ether oxygens (including phenoxy) is 4. The average molecular weight is 597 g/mol. The first-order chi connectivity index (χ1) is 19.9. The van der Waals surface area contributed by atoms with Gasteiger partial charge in [0.1, 0.15) is 60.3 Å². The van der Waals surface area contributed by atoms with Gasteiger partial charge in [0.2, 0.25) is 12.6 Å². The minimum Gasteiger partial charge on any atom is -0.508 e. The van der Waals surface area contributed by atoms with Crippen LogP contribution in [0.25, 0.3) is 6.08 Å². The summed E-state index contributed by atoms with van der Waals surface area (Å²) >= 11 is 0. The van der Waals surface area contributed by atoms with Crippen LogP contribution >= 0.6 is 0 Å². The third kappa shape index (κ3) is 6.66. The number of ketones is 1. The number of hydrogen-bond donors (Lipinski definition) is 10. The second-order valence-corrected chi connectivity index (χ2v) is 9.74. The van der Waals surface area contributed by atoms with Gasteiger partial charge < -0.3 is 70.0 Å². The SMILES string of the molecule is O=C(/C=C/c1ccc(O)c(O[C@@H]2O[C@H](CO)[C@@H](O)[C@H](O)[C@H]2O)c1)c1ccc(O)cc1O[C@@H]1O[C@H](CO)[C@@H](O)[C@H](O)[C@H]1O. The minimum absolute atomic E-state index is 0.0995. The van der Waals surface area contributed by atoms with Crippen LogP contribution in [0.15, 0.2) is 42.5 Å². The summed E-state index contributed by atoms with van der Waals surface area (Å²) in [7, 11) is 0. The van der Waals surface area contributed by atoms with Gasteiger partial charge in [-0.2, -0.15) is 0 Å². The number of phenols is 2. The summed E-state index contributed by atoms with van der Waals surface area (Å²) < 4.78 is 21.6. The van der Waals surface area contributed by atoms with Crippen LogP contribution in [0.1, 0.15) is 15.9 Å². The molecular formula is C27H32O15. The maximum atomic E-state index is 13.1. The maximum Gasteiger partial charge on any atom is 0.229 e. The van der Waals surface area contributed by atoms with E-state index in [2.05, 4.69) is 0 Å². The molecule has 230 valence electrons. The summed E-state index contributed by atoms with van der Waals surface area (Å²) in [6.45, 7) is -1.38. The predicted octanol–water partition coefficient (Wildman–Crippen LogP) is -2.65. The Labute approximate surface area is 238 Å². The molecule has 0 aliphatic carbocycles. The van der Waals surface area contributed by atoms with E-state index in [1.165, 1.54) is 36.4 Å². The molecule has 15 nitrogen and oxygen atoms in total. The van der Waals surface area contributed by atoms with Crippen molar-refractivity contribution >= 4 is 11.9 Å². The number of aliphatic hydroxyl groups is 8. The Morgan fingerprint density at radius 3 is 1.81 bits per heavy atom. The van der Waals surface area contributed by atoms with Gasteiger partial charge in [-0.3, -0.25) is 4.79 Å². The Hall–Kier alpha value is -3.35. The molecule has 2 aliphatic heterocycles. The van der Waals surface area contributed by atoms with Crippen LogP contribution in [0.2, 0.25) is 0 Å². The first kappa shape index (κ1) is 31.6. The van der Waals surface area contributed by atoms with Crippen molar-refractivity contribution in [3.05, 3.63) is 53.6 Å². The molecule has 42 heavy (non-hydrogen) atoms. The fourth-order valence-corrected chi connectivity index (χ4v) is 4.38. The maximum absolute atomic E-state index is 13.1. The molecule has 2 saturated heterocycles. The van der Waals surface area contributed by atoms with Crippen LogP contribution in [-0.4, -0.2) is 131 Å². The molecular weight excluding hydrogens is 564 g/mol. The molecule has 10 atom stereocenters. The van der Waals surface area contributed by atoms with Crippen LogP contribution in [-0.2, 0) is 9.47 Å². The van der Waals surface area contributed by atoms with Gasteiger partial charge in [0, 0.05) is 6.07 Å². The summed E-state index contributed by atoms with van der Waals surface area (Å²) in [5.74, 6) is -1.80. The summed E-state index contributed by atoms with van der Waals surface area (Å²) in [5.41, 5.74) is 0.216. The van der Waals surface area contributed by atoms with E-state index < -0.39 is 80.4 Å². The van der Waals surface area contributed by atoms with Gasteiger partial charge in [0.25, 0.3) is 0 Å². The van der Waals surface area contributed by atoms with Gasteiger partial charge >= 0.3 is 0 Å². The van der Waals surface area contributed by atoms with Gasteiger partial charge in [-0.1, -0.05) is 12.1 Å². The Kier molecular flexibility index (Phi) is 10.0. The number of hydrogen-bond acceptors (Lipinski definition) is 15. The number of carbonyl (C=O) groups is 1. The fourth-order valence-electron chi connectivity index (χ4n) is 4.38. The molecule has 4 rings (SSSR count). The largest absolute Gasteiger partial charge is 0.508 e. The zero-order valence-corrected chi connectivity index (χ0v) is 21.8. The number of aliphatic hydroxyl groups excluding tert-OH is 8. The van der Waals surface area contributed by atoms with E-state index in [9.17, 15) is 55.9 Å². The van der Waals surface area contributed by atoms with Crippen molar-refractivity contribution in [3.8, 4) is 23.0 Å². The van der Waals surface area contributed by atoms with Crippen LogP contribution in [0.3, 0.4) is 0 Å². The van der Waals surface area contributed by atoms with Crippen molar-refractivity contribution in [3.63, 3.8) is 0 Å². The van der Waals surface area contributed by atoms with Crippen LogP contribution in [0, 0.1) is 0 Å². The van der Waals surface area contributed by atoms with E-state index in [1.807, 2.05) is 0 Å². The summed E-state index contributed by atoms with van der Waals surface area (Å²) in [4.78, 5) is 13.1. The number of phenolic OH excluding ortho intramolecular Hbond substituents is 2. The molecule has 0 aromatic heterocycles. The molecule has 0 bridgehead atoms. The summed E-state index contributed by atoms with van der Waals surface area (Å²) in [5, 5.41) is 99.3. The molecule has 0 unspecified atom stereocenters. The molecule has 0 radical (unpaired) electrons. The molecule has 2 heterocycles. The van der Waals surface area contributed by atoms with Crippen molar-refractivity contribution in [1.29, 1.82) is 0 Å². The number of aromatic hydroxyl groups is 2. The third-order valence-electron chi connectivity index (χ3n) is 6.82. The zero-order valence-electron chi connectivity index (χ0n) is 21.8. The van der Waals surface area contributed by atoms with E-state index in [-0.39, 0.29) is 28.6 Å². The molecule has 0 saturated carbocycles. The lowest BCUT2D eigenvalue weighted by Gasteiger charge is -2.39. The van der Waals surface area contributed by atoms with Gasteiger partial charge in [0.15, 0.2) is 17.3 Å². The van der Waals surface area contributed by atoms with E-state index >= 15 is 0 Å². The predicted molar refractivity (Wildman–Crippen MR) is 138 cm³/mol. The Balaban J connectivity index is 1.51. The Morgan fingerprint density at radius 2 is 1.26 bits per heavy atom. The van der Waals surface area contributed by atoms with Crippen molar-refractivity contribution in [1.82, 2.24) is 0 Å². The zero-order chi connectivity index (χ0) is 30.7. The van der Waals surface area contributed by atoms with Crippen molar-refractivity contribution < 1.29 is 74.8 Å². The van der Waals surface area contributed by atoms with Crippen LogP contribution < -0.4 is 9.47 Å². The van der Waals surface area contributed by atoms with Crippen molar-refractivity contribution in [2.75, 3.05) is 13.2 Å². The number of allylic oxidation sites excluding steroid dienone is 1. The van der Waals surface area contributed by atoms with Crippen molar-refractivity contribution in [2.45, 2.75) is 61.4 Å². The molecule has 0 amide bonds. The Morgan fingerprint density at radius 1 is 0.714 bits per heavy atom. The molecule has 10 N–H and O–H groups in total. The highest BCUT2D eigenvalue weighted by Gasteiger charge is 2.46. The van der Waals surface area contributed by atoms with Crippen LogP contribution in [0.4, 0.5) is 0 Å². The van der Waals surface area contributed by atoms with Crippen molar-refractivity contribution in [2.24, 2.45) is 0 Å². The van der Waals surface area contributed by atoms with E-state index in [4.69, 9.17) is 18.9 Å². The minimum atomic E-state index is -1.76. The number of carbonyl (C=O) groups excluding carboxylic acids is 1. The van der Waals surface area contributed by atoms with Gasteiger partial charge in [0.05, 0.1) is 18.8 Å². The lowest BCUT2D eigenvalue weighted by molar-refractivity contribution is -0.277. The smallest absolute Gasteiger partial charge is 0.229 e. The average Bonchev–Trinajstić information content (AvgIpc) is 2.97. The first-order valence-corrected chi connectivity index (χ1v) is 12.8. The topological polar surface area (TPSA) is 256 Å². The molecule has 2 aliphatic rings. The van der Waals surface area contributed by atoms with Crippen LogP contribution in [0.5, 0.6) is 23.0 Å². The highest BCUT2D eigenvalue weighted by atomic mass is 16.7. The van der Waals surface area contributed by atoms with E-state index in [0.717, 1.165) is 12.1 Å². The normalized spacial score (nSPS) is 33.4. The lowest BCUT2D eigenvalue weighted by Crippen LogP contribution is -2.60. The van der Waals surface area contributed by atoms with Gasteiger partial charge in [-0.05, 0) is 35.9 Å². The fraction of sp³-hybridized carbons (Fsp3) is 0.444. The first-order valence-electron chi connectivity index (χ1n) is 12.8. The molecule has 2 fully saturated rings. The van der Waals surface area contributed by atoms with E-state index in [0.29, 0.717) is 5.56 Å². The molecule has 2 aromatic carbocycles. The monoisotopic (exact) mass is 596 g/mol. The standard InChI is InChI=1S/C27H32O15/c28-9-18-20(33)22(35)24(37)26(41-18)39-16-8-12(30)3-4-13(16)14(31)5-1-11-2-6-15(32)17(7-11)40-27-25(38)23(36)21(34)19(10-29)42-27/h1-8,18-30,32-38H,9-10H2/b5-1+/t18-,19-,20-,21-,22+,23+,24-,25-,26-,27-/m1/s1. The number of rotatable bonds is 9. The molecule has 0 spiro atoms. The second-order valence-electron chi connectivity index (χ2n) is 9.74. The quantitative estimate of drug-likeness (QED) is 0.105. The molecule has 2 aromatic rings. The van der Waals surface area contributed by atoms with Gasteiger partial charge in [-0.15, -0.1) is 0 Å².